The molecule has 1 saturated carbocycles. The summed E-state index contributed by atoms with van der Waals surface area (Å²) < 4.78 is 5.82. The van der Waals surface area contributed by atoms with Crippen molar-refractivity contribution in [3.05, 3.63) is 0 Å². The fourth-order valence-corrected chi connectivity index (χ4v) is 2.79. The molecule has 2 rings (SSSR count). The summed E-state index contributed by atoms with van der Waals surface area (Å²) in [6, 6.07) is 0. The Labute approximate surface area is 86.6 Å². The number of aliphatic hydroxyl groups excluding tert-OH is 1. The third-order valence-corrected chi connectivity index (χ3v) is 3.89. The molecule has 1 aliphatic carbocycles. The number of aliphatic hydroxyl groups is 1. The van der Waals surface area contributed by atoms with Crippen LogP contribution in [0.4, 0.5) is 0 Å². The standard InChI is InChI=1S/C12H22O2/c1-2-3-6-12(9-13)7-8-14-11(12)10-4-5-10/h10-11,13H,2-9H2,1H3. The van der Waals surface area contributed by atoms with Crippen LogP contribution in [0.1, 0.15) is 45.4 Å². The maximum atomic E-state index is 9.61. The molecule has 82 valence electrons. The van der Waals surface area contributed by atoms with Crippen LogP contribution in [-0.4, -0.2) is 24.4 Å². The first-order valence-corrected chi connectivity index (χ1v) is 6.05. The maximum Gasteiger partial charge on any atom is 0.0682 e. The summed E-state index contributed by atoms with van der Waals surface area (Å²) in [5, 5.41) is 9.61. The van der Waals surface area contributed by atoms with E-state index in [4.69, 9.17) is 4.74 Å². The molecule has 2 unspecified atom stereocenters. The molecule has 1 N–H and O–H groups in total. The van der Waals surface area contributed by atoms with Crippen molar-refractivity contribution in [1.82, 2.24) is 0 Å². The van der Waals surface area contributed by atoms with Gasteiger partial charge in [0.2, 0.25) is 0 Å². The van der Waals surface area contributed by atoms with E-state index in [1.807, 2.05) is 0 Å². The normalized spacial score (nSPS) is 37.7. The summed E-state index contributed by atoms with van der Waals surface area (Å²) in [7, 11) is 0. The average Bonchev–Trinajstić information content (AvgIpc) is 2.97. The van der Waals surface area contributed by atoms with Gasteiger partial charge in [0.05, 0.1) is 12.7 Å². The van der Waals surface area contributed by atoms with Gasteiger partial charge >= 0.3 is 0 Å². The summed E-state index contributed by atoms with van der Waals surface area (Å²) in [5.74, 6) is 0.765. The molecule has 2 atom stereocenters. The SMILES string of the molecule is CCCCC1(CO)CCOC1C1CC1. The molecule has 2 nitrogen and oxygen atoms in total. The molecule has 1 aliphatic heterocycles. The van der Waals surface area contributed by atoms with E-state index >= 15 is 0 Å². The summed E-state index contributed by atoms with van der Waals surface area (Å²) >= 11 is 0. The monoisotopic (exact) mass is 198 g/mol. The lowest BCUT2D eigenvalue weighted by Crippen LogP contribution is -2.36. The predicted molar refractivity (Wildman–Crippen MR) is 56.1 cm³/mol. The van der Waals surface area contributed by atoms with Crippen LogP contribution < -0.4 is 0 Å². The van der Waals surface area contributed by atoms with E-state index in [-0.39, 0.29) is 5.41 Å². The zero-order valence-corrected chi connectivity index (χ0v) is 9.17. The van der Waals surface area contributed by atoms with Gasteiger partial charge in [-0.3, -0.25) is 0 Å². The highest BCUT2D eigenvalue weighted by Gasteiger charge is 2.49. The van der Waals surface area contributed by atoms with Crippen molar-refractivity contribution in [2.75, 3.05) is 13.2 Å². The molecule has 0 aromatic carbocycles. The molecular formula is C12H22O2. The van der Waals surface area contributed by atoms with E-state index in [1.54, 1.807) is 0 Å². The van der Waals surface area contributed by atoms with E-state index in [2.05, 4.69) is 6.92 Å². The van der Waals surface area contributed by atoms with Crippen LogP contribution >= 0.6 is 0 Å². The smallest absolute Gasteiger partial charge is 0.0682 e. The second-order valence-corrected chi connectivity index (χ2v) is 5.00. The molecule has 0 spiro atoms. The fraction of sp³-hybridized carbons (Fsp3) is 1.00. The van der Waals surface area contributed by atoms with Crippen LogP contribution in [0.5, 0.6) is 0 Å². The van der Waals surface area contributed by atoms with Gasteiger partial charge < -0.3 is 9.84 Å². The second kappa shape index (κ2) is 4.19. The minimum atomic E-state index is 0.122. The number of hydrogen-bond donors (Lipinski definition) is 1. The van der Waals surface area contributed by atoms with E-state index in [0.717, 1.165) is 25.4 Å². The first-order chi connectivity index (χ1) is 6.82. The van der Waals surface area contributed by atoms with E-state index in [0.29, 0.717) is 12.7 Å². The Morgan fingerprint density at radius 1 is 1.43 bits per heavy atom. The number of unbranched alkanes of at least 4 members (excludes halogenated alkanes) is 1. The van der Waals surface area contributed by atoms with Gasteiger partial charge in [-0.05, 0) is 31.6 Å². The Kier molecular flexibility index (Phi) is 3.13. The molecule has 2 fully saturated rings. The third-order valence-electron chi connectivity index (χ3n) is 3.89. The van der Waals surface area contributed by atoms with Crippen LogP contribution in [-0.2, 0) is 4.74 Å². The van der Waals surface area contributed by atoms with Crippen molar-refractivity contribution in [1.29, 1.82) is 0 Å². The minimum absolute atomic E-state index is 0.122. The largest absolute Gasteiger partial charge is 0.396 e. The van der Waals surface area contributed by atoms with Gasteiger partial charge in [0.15, 0.2) is 0 Å². The van der Waals surface area contributed by atoms with Crippen LogP contribution in [0.2, 0.25) is 0 Å². The molecule has 2 aliphatic rings. The van der Waals surface area contributed by atoms with Gasteiger partial charge in [0.1, 0.15) is 0 Å². The topological polar surface area (TPSA) is 29.5 Å². The highest BCUT2D eigenvalue weighted by molar-refractivity contribution is 4.99. The summed E-state index contributed by atoms with van der Waals surface area (Å²) in [5.41, 5.74) is 0.122. The summed E-state index contributed by atoms with van der Waals surface area (Å²) in [6.07, 6.45) is 7.69. The Morgan fingerprint density at radius 3 is 2.79 bits per heavy atom. The highest BCUT2D eigenvalue weighted by atomic mass is 16.5. The predicted octanol–water partition coefficient (Wildman–Crippen LogP) is 2.35. The van der Waals surface area contributed by atoms with Gasteiger partial charge in [0.25, 0.3) is 0 Å². The molecule has 1 heterocycles. The van der Waals surface area contributed by atoms with Crippen molar-refractivity contribution < 1.29 is 9.84 Å². The van der Waals surface area contributed by atoms with Crippen molar-refractivity contribution in [2.45, 2.75) is 51.6 Å². The van der Waals surface area contributed by atoms with Crippen LogP contribution in [0, 0.1) is 11.3 Å². The minimum Gasteiger partial charge on any atom is -0.396 e. The fourth-order valence-electron chi connectivity index (χ4n) is 2.79. The third kappa shape index (κ3) is 1.82. The molecule has 1 saturated heterocycles. The van der Waals surface area contributed by atoms with Gasteiger partial charge in [-0.1, -0.05) is 19.8 Å². The lowest BCUT2D eigenvalue weighted by molar-refractivity contribution is -0.00529. The molecule has 0 amide bonds. The molecule has 0 bridgehead atoms. The maximum absolute atomic E-state index is 9.61. The van der Waals surface area contributed by atoms with Crippen molar-refractivity contribution >= 4 is 0 Å². The molecule has 0 radical (unpaired) electrons. The highest BCUT2D eigenvalue weighted by Crippen LogP contribution is 2.49. The second-order valence-electron chi connectivity index (χ2n) is 5.00. The van der Waals surface area contributed by atoms with Crippen molar-refractivity contribution in [3.63, 3.8) is 0 Å². The molecule has 0 aromatic heterocycles. The Hall–Kier alpha value is -0.0800. The molecule has 0 aromatic rings. The lowest BCUT2D eigenvalue weighted by atomic mass is 9.75. The van der Waals surface area contributed by atoms with Crippen LogP contribution in [0.25, 0.3) is 0 Å². The van der Waals surface area contributed by atoms with E-state index in [1.165, 1.54) is 25.7 Å². The Morgan fingerprint density at radius 2 is 2.21 bits per heavy atom. The summed E-state index contributed by atoms with van der Waals surface area (Å²) in [4.78, 5) is 0. The quantitative estimate of drug-likeness (QED) is 0.735. The zero-order valence-electron chi connectivity index (χ0n) is 9.17. The van der Waals surface area contributed by atoms with E-state index < -0.39 is 0 Å². The Balaban J connectivity index is 1.99. The lowest BCUT2D eigenvalue weighted by Gasteiger charge is -2.32. The van der Waals surface area contributed by atoms with Crippen molar-refractivity contribution in [2.24, 2.45) is 11.3 Å². The summed E-state index contributed by atoms with van der Waals surface area (Å²) in [6.45, 7) is 3.41. The molecular weight excluding hydrogens is 176 g/mol. The van der Waals surface area contributed by atoms with Gasteiger partial charge in [-0.15, -0.1) is 0 Å². The molecule has 2 heteroatoms. The number of ether oxygens (including phenoxy) is 1. The van der Waals surface area contributed by atoms with Gasteiger partial charge in [0, 0.05) is 12.0 Å². The van der Waals surface area contributed by atoms with E-state index in [9.17, 15) is 5.11 Å². The van der Waals surface area contributed by atoms with Crippen molar-refractivity contribution in [3.8, 4) is 0 Å². The Bertz CT molecular complexity index is 189. The van der Waals surface area contributed by atoms with Crippen LogP contribution in [0.3, 0.4) is 0 Å². The number of hydrogen-bond acceptors (Lipinski definition) is 2. The first kappa shape index (κ1) is 10.4. The van der Waals surface area contributed by atoms with Gasteiger partial charge in [-0.2, -0.15) is 0 Å². The van der Waals surface area contributed by atoms with Gasteiger partial charge in [-0.25, -0.2) is 0 Å². The zero-order chi connectivity index (χ0) is 10.0. The van der Waals surface area contributed by atoms with Crippen LogP contribution in [0.15, 0.2) is 0 Å². The number of rotatable bonds is 5. The first-order valence-electron chi connectivity index (χ1n) is 6.05. The average molecular weight is 198 g/mol. The molecule has 14 heavy (non-hydrogen) atoms.